The van der Waals surface area contributed by atoms with Crippen LogP contribution in [-0.2, 0) is 9.59 Å². The van der Waals surface area contributed by atoms with Gasteiger partial charge in [-0.05, 0) is 25.0 Å². The van der Waals surface area contributed by atoms with Gasteiger partial charge in [0.1, 0.15) is 11.5 Å². The first-order chi connectivity index (χ1) is 9.96. The van der Waals surface area contributed by atoms with E-state index in [-0.39, 0.29) is 12.0 Å². The molecular weight excluding hydrogens is 277 g/mol. The van der Waals surface area contributed by atoms with Crippen molar-refractivity contribution in [2.45, 2.75) is 32.1 Å². The topological polar surface area (TPSA) is 74.7 Å². The van der Waals surface area contributed by atoms with Gasteiger partial charge in [0.05, 0.1) is 11.0 Å². The third-order valence-corrected chi connectivity index (χ3v) is 4.40. The first-order valence-electron chi connectivity index (χ1n) is 6.85. The van der Waals surface area contributed by atoms with Crippen molar-refractivity contribution in [2.75, 3.05) is 4.90 Å². The maximum absolute atomic E-state index is 14.1. The molecule has 1 spiro atoms. The summed E-state index contributed by atoms with van der Waals surface area (Å²) in [5.74, 6) is -3.21. The molecule has 1 aliphatic heterocycles. The van der Waals surface area contributed by atoms with E-state index >= 15 is 0 Å². The Bertz CT molecular complexity index is 649. The zero-order valence-electron chi connectivity index (χ0n) is 11.3. The maximum Gasteiger partial charge on any atom is 0.337 e. The van der Waals surface area contributed by atoms with Crippen LogP contribution in [0.5, 0.6) is 0 Å². The average Bonchev–Trinajstić information content (AvgIpc) is 2.98. The average molecular weight is 291 g/mol. The summed E-state index contributed by atoms with van der Waals surface area (Å²) in [7, 11) is 0. The van der Waals surface area contributed by atoms with Crippen molar-refractivity contribution in [3.63, 3.8) is 0 Å². The number of carbonyl (C=O) groups excluding carboxylic acids is 2. The number of carboxylic acid groups (broad SMARTS) is 1. The number of nitrogens with zero attached hydrogens (tertiary/aromatic N) is 1. The minimum Gasteiger partial charge on any atom is -0.478 e. The summed E-state index contributed by atoms with van der Waals surface area (Å²) in [5.41, 5.74) is -1.55. The van der Waals surface area contributed by atoms with Gasteiger partial charge in [0.25, 0.3) is 0 Å². The van der Waals surface area contributed by atoms with Gasteiger partial charge in [0.15, 0.2) is 0 Å². The van der Waals surface area contributed by atoms with Crippen molar-refractivity contribution < 1.29 is 23.9 Å². The smallest absolute Gasteiger partial charge is 0.337 e. The highest BCUT2D eigenvalue weighted by molar-refractivity contribution is 6.24. The Morgan fingerprint density at radius 2 is 1.90 bits per heavy atom. The molecule has 1 aromatic rings. The minimum absolute atomic E-state index is 0.0409. The molecular formula is C15H14FNO4. The highest BCUT2D eigenvalue weighted by Gasteiger charge is 2.54. The monoisotopic (exact) mass is 291 g/mol. The fourth-order valence-corrected chi connectivity index (χ4v) is 3.38. The van der Waals surface area contributed by atoms with Crippen LogP contribution in [0.15, 0.2) is 18.2 Å². The quantitative estimate of drug-likeness (QED) is 0.849. The number of carbonyl (C=O) groups is 3. The highest BCUT2D eigenvalue weighted by atomic mass is 19.1. The molecule has 0 aromatic heterocycles. The van der Waals surface area contributed by atoms with E-state index in [0.717, 1.165) is 23.8 Å². The van der Waals surface area contributed by atoms with Gasteiger partial charge >= 0.3 is 5.97 Å². The van der Waals surface area contributed by atoms with Crippen molar-refractivity contribution in [2.24, 2.45) is 5.41 Å². The van der Waals surface area contributed by atoms with E-state index in [9.17, 15) is 18.8 Å². The molecule has 1 aliphatic carbocycles. The maximum atomic E-state index is 14.1. The Balaban J connectivity index is 2.11. The number of aromatic carboxylic acids is 1. The molecule has 0 unspecified atom stereocenters. The van der Waals surface area contributed by atoms with E-state index in [0.29, 0.717) is 12.8 Å². The Morgan fingerprint density at radius 1 is 1.24 bits per heavy atom. The number of hydrogen-bond acceptors (Lipinski definition) is 3. The van der Waals surface area contributed by atoms with Gasteiger partial charge in [0.2, 0.25) is 11.8 Å². The van der Waals surface area contributed by atoms with Crippen molar-refractivity contribution >= 4 is 23.5 Å². The predicted octanol–water partition coefficient (Wildman–Crippen LogP) is 2.35. The Kier molecular flexibility index (Phi) is 3.04. The molecule has 0 radical (unpaired) electrons. The number of rotatable bonds is 2. The first kappa shape index (κ1) is 13.7. The van der Waals surface area contributed by atoms with E-state index in [1.807, 2.05) is 0 Å². The Hall–Kier alpha value is -2.24. The fraction of sp³-hybridized carbons (Fsp3) is 0.400. The zero-order chi connectivity index (χ0) is 15.2. The number of hydrogen-bond donors (Lipinski definition) is 1. The number of benzene rings is 1. The van der Waals surface area contributed by atoms with Gasteiger partial charge in [-0.1, -0.05) is 18.9 Å². The van der Waals surface area contributed by atoms with Crippen LogP contribution in [0.1, 0.15) is 42.5 Å². The highest BCUT2D eigenvalue weighted by Crippen LogP contribution is 2.48. The van der Waals surface area contributed by atoms with Crippen LogP contribution in [0.4, 0.5) is 10.1 Å². The van der Waals surface area contributed by atoms with E-state index in [2.05, 4.69) is 0 Å². The summed E-state index contributed by atoms with van der Waals surface area (Å²) in [6.07, 6.45) is 2.96. The standard InChI is InChI=1S/C15H14FNO4/c16-10-5-3-4-9(13(19)20)12(10)17-11(18)8-15(14(17)21)6-1-2-7-15/h3-5H,1-2,6-8H2,(H,19,20). The van der Waals surface area contributed by atoms with Crippen LogP contribution >= 0.6 is 0 Å². The molecule has 1 heterocycles. The molecule has 2 amide bonds. The lowest BCUT2D eigenvalue weighted by Gasteiger charge is -2.22. The molecule has 2 fully saturated rings. The summed E-state index contributed by atoms with van der Waals surface area (Å²) >= 11 is 0. The van der Waals surface area contributed by atoms with Crippen LogP contribution in [0.2, 0.25) is 0 Å². The molecule has 21 heavy (non-hydrogen) atoms. The second-order valence-electron chi connectivity index (χ2n) is 5.64. The van der Waals surface area contributed by atoms with Gasteiger partial charge in [-0.3, -0.25) is 9.59 Å². The summed E-state index contributed by atoms with van der Waals surface area (Å²) in [5, 5.41) is 9.16. The van der Waals surface area contributed by atoms with Crippen LogP contribution in [0.25, 0.3) is 0 Å². The SMILES string of the molecule is O=C(O)c1cccc(F)c1N1C(=O)CC2(CCCC2)C1=O. The lowest BCUT2D eigenvalue weighted by molar-refractivity contribution is -0.125. The summed E-state index contributed by atoms with van der Waals surface area (Å²) in [6.45, 7) is 0. The molecule has 1 aromatic carbocycles. The third-order valence-electron chi connectivity index (χ3n) is 4.40. The Labute approximate surface area is 120 Å². The number of carboxylic acids is 1. The normalized spacial score (nSPS) is 20.5. The first-order valence-corrected chi connectivity index (χ1v) is 6.85. The fourth-order valence-electron chi connectivity index (χ4n) is 3.38. The van der Waals surface area contributed by atoms with Crippen LogP contribution < -0.4 is 4.90 Å². The summed E-state index contributed by atoms with van der Waals surface area (Å²) in [4.78, 5) is 36.8. The van der Waals surface area contributed by atoms with Gasteiger partial charge in [-0.2, -0.15) is 0 Å². The number of halogens is 1. The summed E-state index contributed by atoms with van der Waals surface area (Å²) in [6, 6.07) is 3.50. The second-order valence-corrected chi connectivity index (χ2v) is 5.64. The third kappa shape index (κ3) is 1.93. The lowest BCUT2D eigenvalue weighted by Crippen LogP contribution is -2.36. The molecule has 6 heteroatoms. The molecule has 0 bridgehead atoms. The molecule has 1 saturated heterocycles. The van der Waals surface area contributed by atoms with Gasteiger partial charge in [0, 0.05) is 6.42 Å². The van der Waals surface area contributed by atoms with Gasteiger partial charge in [-0.15, -0.1) is 0 Å². The second kappa shape index (κ2) is 4.65. The van der Waals surface area contributed by atoms with E-state index in [1.165, 1.54) is 12.1 Å². The van der Waals surface area contributed by atoms with Crippen molar-refractivity contribution in [3.8, 4) is 0 Å². The molecule has 110 valence electrons. The number of amides is 2. The van der Waals surface area contributed by atoms with E-state index in [4.69, 9.17) is 5.11 Å². The number of anilines is 1. The Morgan fingerprint density at radius 3 is 2.52 bits per heavy atom. The molecule has 5 nitrogen and oxygen atoms in total. The molecule has 2 aliphatic rings. The number of para-hydroxylation sites is 1. The van der Waals surface area contributed by atoms with Crippen molar-refractivity contribution in [3.05, 3.63) is 29.6 Å². The van der Waals surface area contributed by atoms with Crippen molar-refractivity contribution in [1.29, 1.82) is 0 Å². The molecule has 1 N–H and O–H groups in total. The van der Waals surface area contributed by atoms with Crippen LogP contribution in [-0.4, -0.2) is 22.9 Å². The molecule has 0 atom stereocenters. The van der Waals surface area contributed by atoms with Gasteiger partial charge < -0.3 is 5.11 Å². The zero-order valence-corrected chi connectivity index (χ0v) is 11.3. The predicted molar refractivity (Wildman–Crippen MR) is 71.4 cm³/mol. The van der Waals surface area contributed by atoms with E-state index in [1.54, 1.807) is 0 Å². The minimum atomic E-state index is -1.36. The molecule has 1 saturated carbocycles. The summed E-state index contributed by atoms with van der Waals surface area (Å²) < 4.78 is 14.1. The lowest BCUT2D eigenvalue weighted by atomic mass is 9.84. The van der Waals surface area contributed by atoms with Gasteiger partial charge in [-0.25, -0.2) is 14.1 Å². The van der Waals surface area contributed by atoms with E-state index < -0.39 is 34.7 Å². The largest absolute Gasteiger partial charge is 0.478 e. The number of imide groups is 1. The molecule has 3 rings (SSSR count). The van der Waals surface area contributed by atoms with Crippen LogP contribution in [0.3, 0.4) is 0 Å². The van der Waals surface area contributed by atoms with Crippen molar-refractivity contribution in [1.82, 2.24) is 0 Å². The van der Waals surface area contributed by atoms with Crippen LogP contribution in [0, 0.1) is 11.2 Å².